The van der Waals surface area contributed by atoms with Gasteiger partial charge >= 0.3 is 6.03 Å². The van der Waals surface area contributed by atoms with E-state index in [2.05, 4.69) is 35.1 Å². The Labute approximate surface area is 286 Å². The zero-order valence-corrected chi connectivity index (χ0v) is 31.3. The van der Waals surface area contributed by atoms with Crippen molar-refractivity contribution in [2.24, 2.45) is 34.0 Å². The first-order valence-corrected chi connectivity index (χ1v) is 18.5. The van der Waals surface area contributed by atoms with Gasteiger partial charge in [0, 0.05) is 45.3 Å². The van der Waals surface area contributed by atoms with Gasteiger partial charge in [-0.3, -0.25) is 19.2 Å². The van der Waals surface area contributed by atoms with E-state index in [1.807, 2.05) is 55.4 Å². The van der Waals surface area contributed by atoms with E-state index in [9.17, 15) is 32.4 Å². The summed E-state index contributed by atoms with van der Waals surface area (Å²) < 4.78 is 29.2. The lowest BCUT2D eigenvalue weighted by Crippen LogP contribution is -2.63. The van der Waals surface area contributed by atoms with Gasteiger partial charge in [0.1, 0.15) is 18.1 Å². The Hall–Kier alpha value is -2.78. The van der Waals surface area contributed by atoms with Crippen LogP contribution in [0.25, 0.3) is 0 Å². The molecule has 0 aromatic rings. The number of likely N-dealkylation sites (tertiary alicyclic amines) is 1. The van der Waals surface area contributed by atoms with Crippen LogP contribution >= 0.6 is 0 Å². The predicted molar refractivity (Wildman–Crippen MR) is 180 cm³/mol. The number of hydrogen-bond donors (Lipinski definition) is 4. The number of nitrogens with one attached hydrogen (secondary N) is 4. The van der Waals surface area contributed by atoms with Crippen LogP contribution < -0.4 is 21.3 Å². The first kappa shape index (κ1) is 38.0. The Balaban J connectivity index is 1.52. The average molecular weight is 696 g/mol. The molecule has 2 saturated heterocycles. The molecule has 5 amide bonds. The minimum absolute atomic E-state index is 0.0683. The normalized spacial score (nSPS) is 27.1. The summed E-state index contributed by atoms with van der Waals surface area (Å²) in [5.41, 5.74) is -1.47. The molecule has 6 atom stereocenters. The van der Waals surface area contributed by atoms with Gasteiger partial charge in [0.15, 0.2) is 0 Å². The maximum atomic E-state index is 14.4. The monoisotopic (exact) mass is 695 g/mol. The third-order valence-corrected chi connectivity index (χ3v) is 13.0. The molecule has 1 unspecified atom stereocenters. The van der Waals surface area contributed by atoms with Crippen molar-refractivity contribution in [1.82, 2.24) is 34.8 Å². The van der Waals surface area contributed by atoms with E-state index in [0.717, 1.165) is 12.8 Å². The number of piperidine rings is 1. The topological polar surface area (TPSA) is 177 Å². The van der Waals surface area contributed by atoms with Crippen LogP contribution in [0.4, 0.5) is 4.79 Å². The second-order valence-electron chi connectivity index (χ2n) is 17.1. The van der Waals surface area contributed by atoms with Crippen LogP contribution in [-0.2, 0) is 29.4 Å². The third kappa shape index (κ3) is 7.52. The summed E-state index contributed by atoms with van der Waals surface area (Å²) in [6.07, 6.45) is 1.44. The fraction of sp³-hybridized carbons (Fsp3) is 0.848. The SMILES string of the molecule is CNC(=O)C(=O)C(NC(=O)[C@@H]1[C@@H]2[C@H](CN1C(=O)[C@@H](NC(=O)N[C@H](CN1CCN(C(C)C)S1(=O)=O)C(C)(C)C)C(C)(C)C)C2(C)C)C1CC1. The van der Waals surface area contributed by atoms with E-state index >= 15 is 0 Å². The predicted octanol–water partition coefficient (Wildman–Crippen LogP) is 1.08. The van der Waals surface area contributed by atoms with Gasteiger partial charge in [-0.2, -0.15) is 17.0 Å². The van der Waals surface area contributed by atoms with Crippen molar-refractivity contribution in [3.05, 3.63) is 0 Å². The van der Waals surface area contributed by atoms with Gasteiger partial charge in [-0.15, -0.1) is 0 Å². The number of urea groups is 1. The highest BCUT2D eigenvalue weighted by Crippen LogP contribution is 2.65. The Kier molecular flexibility index (Phi) is 10.4. The molecule has 2 heterocycles. The molecular weight excluding hydrogens is 638 g/mol. The van der Waals surface area contributed by atoms with Crippen LogP contribution in [0.5, 0.6) is 0 Å². The molecule has 15 heteroatoms. The van der Waals surface area contributed by atoms with E-state index in [1.54, 1.807) is 0 Å². The van der Waals surface area contributed by atoms with Crippen LogP contribution in [0.3, 0.4) is 0 Å². The van der Waals surface area contributed by atoms with Crippen molar-refractivity contribution in [3.8, 4) is 0 Å². The number of likely N-dealkylation sites (N-methyl/N-ethyl adjacent to an activating group) is 1. The summed E-state index contributed by atoms with van der Waals surface area (Å²) in [4.78, 5) is 68.5. The third-order valence-electron chi connectivity index (χ3n) is 10.8. The van der Waals surface area contributed by atoms with Crippen molar-refractivity contribution in [2.45, 2.75) is 112 Å². The largest absolute Gasteiger partial charge is 0.353 e. The van der Waals surface area contributed by atoms with Gasteiger partial charge in [-0.25, -0.2) is 4.79 Å². The van der Waals surface area contributed by atoms with Crippen molar-refractivity contribution in [2.75, 3.05) is 33.2 Å². The Bertz CT molecular complexity index is 1410. The molecule has 0 bridgehead atoms. The molecule has 4 fully saturated rings. The van der Waals surface area contributed by atoms with Crippen LogP contribution in [-0.4, -0.2) is 115 Å². The smallest absolute Gasteiger partial charge is 0.315 e. The highest BCUT2D eigenvalue weighted by Gasteiger charge is 2.70. The quantitative estimate of drug-likeness (QED) is 0.234. The van der Waals surface area contributed by atoms with E-state index in [0.29, 0.717) is 19.6 Å². The fourth-order valence-corrected chi connectivity index (χ4v) is 9.12. The Morgan fingerprint density at radius 3 is 1.98 bits per heavy atom. The number of carbonyl (C=O) groups excluding carboxylic acids is 5. The first-order chi connectivity index (χ1) is 21.9. The highest BCUT2D eigenvalue weighted by molar-refractivity contribution is 7.87. The number of fused-ring (bicyclic) bond motifs is 1. The van der Waals surface area contributed by atoms with E-state index in [4.69, 9.17) is 0 Å². The Morgan fingerprint density at radius 1 is 0.896 bits per heavy atom. The molecule has 4 rings (SSSR count). The summed E-state index contributed by atoms with van der Waals surface area (Å²) in [6, 6.07) is -4.22. The standard InChI is InChI=1S/C33H57N7O7S/c1-18(2)40-15-14-38(48(40,46)47)17-21(31(3,4)5)35-30(45)37-26(32(6,7)8)29(44)39-16-20-22(33(20,9)10)24(39)27(42)36-23(19-12-13-19)25(41)28(43)34-11/h18-24,26H,12-17H2,1-11H3,(H,34,43)(H,36,42)(H2,35,37,45)/t20-,21+,22-,23?,24-,26+/m0/s1. The molecular formula is C33H57N7O7S. The molecule has 272 valence electrons. The molecule has 0 radical (unpaired) electrons. The minimum Gasteiger partial charge on any atom is -0.353 e. The van der Waals surface area contributed by atoms with Gasteiger partial charge in [0.25, 0.3) is 16.1 Å². The van der Waals surface area contributed by atoms with Gasteiger partial charge in [-0.05, 0) is 60.7 Å². The van der Waals surface area contributed by atoms with Crippen molar-refractivity contribution in [1.29, 1.82) is 0 Å². The zero-order valence-electron chi connectivity index (χ0n) is 30.5. The number of Topliss-reactive ketones (excluding diaryl/α,β-unsaturated/α-hetero) is 1. The number of amides is 5. The molecule has 4 aliphatic rings. The number of nitrogens with zero attached hydrogens (tertiary/aromatic N) is 3. The summed E-state index contributed by atoms with van der Waals surface area (Å²) >= 11 is 0. The van der Waals surface area contributed by atoms with Crippen LogP contribution in [0.2, 0.25) is 0 Å². The summed E-state index contributed by atoms with van der Waals surface area (Å²) in [5.74, 6) is -2.55. The number of rotatable bonds is 11. The van der Waals surface area contributed by atoms with Crippen molar-refractivity contribution < 1.29 is 32.4 Å². The van der Waals surface area contributed by atoms with Gasteiger partial charge in [0.05, 0.1) is 0 Å². The summed E-state index contributed by atoms with van der Waals surface area (Å²) in [5, 5.41) is 11.0. The number of hydrogen-bond acceptors (Lipinski definition) is 7. The average Bonchev–Trinajstić information content (AvgIpc) is 3.79. The second-order valence-corrected chi connectivity index (χ2v) is 18.9. The minimum atomic E-state index is -3.68. The van der Waals surface area contributed by atoms with Crippen molar-refractivity contribution in [3.63, 3.8) is 0 Å². The van der Waals surface area contributed by atoms with E-state index < -0.39 is 74.7 Å². The van der Waals surface area contributed by atoms with Crippen LogP contribution in [0.1, 0.15) is 82.1 Å². The number of ketones is 1. The van der Waals surface area contributed by atoms with Crippen LogP contribution in [0, 0.1) is 34.0 Å². The molecule has 0 spiro atoms. The molecule has 14 nitrogen and oxygen atoms in total. The second kappa shape index (κ2) is 13.2. The molecule has 48 heavy (non-hydrogen) atoms. The first-order valence-electron chi connectivity index (χ1n) is 17.1. The van der Waals surface area contributed by atoms with E-state index in [-0.39, 0.29) is 35.8 Å². The van der Waals surface area contributed by atoms with Gasteiger partial charge in [-0.1, -0.05) is 55.4 Å². The highest BCUT2D eigenvalue weighted by atomic mass is 32.2. The van der Waals surface area contributed by atoms with Crippen molar-refractivity contribution >= 4 is 39.7 Å². The molecule has 2 aliphatic carbocycles. The Morgan fingerprint density at radius 2 is 1.50 bits per heavy atom. The maximum Gasteiger partial charge on any atom is 0.315 e. The zero-order chi connectivity index (χ0) is 36.3. The molecule has 2 saturated carbocycles. The number of carbonyl (C=O) groups is 5. The summed E-state index contributed by atoms with van der Waals surface area (Å²) in [6.45, 7) is 20.1. The van der Waals surface area contributed by atoms with E-state index in [1.165, 1.54) is 20.6 Å². The molecule has 2 aliphatic heterocycles. The van der Waals surface area contributed by atoms with Gasteiger partial charge in [0.2, 0.25) is 17.6 Å². The molecule has 0 aromatic carbocycles. The maximum absolute atomic E-state index is 14.4. The fourth-order valence-electron chi connectivity index (χ4n) is 7.33. The lowest BCUT2D eigenvalue weighted by molar-refractivity contribution is -0.145. The van der Waals surface area contributed by atoms with Gasteiger partial charge < -0.3 is 26.2 Å². The lowest BCUT2D eigenvalue weighted by atomic mass is 9.85. The molecule has 4 N–H and O–H groups in total. The van der Waals surface area contributed by atoms with Crippen LogP contribution in [0.15, 0.2) is 0 Å². The summed E-state index contributed by atoms with van der Waals surface area (Å²) in [7, 11) is -2.31. The molecule has 0 aromatic heterocycles. The lowest BCUT2D eigenvalue weighted by Gasteiger charge is -2.39.